The molecule has 1 saturated heterocycles. The van der Waals surface area contributed by atoms with Gasteiger partial charge in [0.25, 0.3) is 5.91 Å². The minimum atomic E-state index is -5.00. The summed E-state index contributed by atoms with van der Waals surface area (Å²) in [6.45, 7) is 0.901. The van der Waals surface area contributed by atoms with Gasteiger partial charge in [0.05, 0.1) is 16.1 Å². The van der Waals surface area contributed by atoms with Gasteiger partial charge in [-0.05, 0) is 30.3 Å². The maximum Gasteiger partial charge on any atom is 0.416 e. The highest BCUT2D eigenvalue weighted by Crippen LogP contribution is 2.36. The SMILES string of the molecule is O=C(c1cc(C(F)(F)F)cc(C(F)(F)F)c1)N1CCN(c2ccc(Cl)cn2)CC1. The van der Waals surface area contributed by atoms with Crippen LogP contribution >= 0.6 is 11.6 Å². The van der Waals surface area contributed by atoms with E-state index in [2.05, 4.69) is 4.98 Å². The zero-order valence-electron chi connectivity index (χ0n) is 14.7. The minimum absolute atomic E-state index is 0.000915. The van der Waals surface area contributed by atoms with E-state index in [1.165, 1.54) is 11.1 Å². The number of carbonyl (C=O) groups excluding carboxylic acids is 1. The summed E-state index contributed by atoms with van der Waals surface area (Å²) in [7, 11) is 0. The fraction of sp³-hybridized carbons (Fsp3) is 0.333. The first-order valence-electron chi connectivity index (χ1n) is 8.40. The Balaban J connectivity index is 1.79. The van der Waals surface area contributed by atoms with Gasteiger partial charge in [-0.1, -0.05) is 11.6 Å². The topological polar surface area (TPSA) is 36.4 Å². The van der Waals surface area contributed by atoms with Gasteiger partial charge in [-0.25, -0.2) is 4.98 Å². The van der Waals surface area contributed by atoms with Crippen molar-refractivity contribution >= 4 is 23.3 Å². The molecule has 156 valence electrons. The lowest BCUT2D eigenvalue weighted by atomic mass is 10.0. The van der Waals surface area contributed by atoms with E-state index in [4.69, 9.17) is 11.6 Å². The summed E-state index contributed by atoms with van der Waals surface area (Å²) in [6.07, 6.45) is -8.56. The third kappa shape index (κ3) is 4.92. The highest BCUT2D eigenvalue weighted by Gasteiger charge is 2.38. The maximum atomic E-state index is 13.0. The fourth-order valence-corrected chi connectivity index (χ4v) is 3.07. The van der Waals surface area contributed by atoms with E-state index in [0.29, 0.717) is 36.1 Å². The molecular formula is C18H14ClF6N3O. The number of piperazine rings is 1. The van der Waals surface area contributed by atoms with Crippen molar-refractivity contribution in [2.45, 2.75) is 12.4 Å². The fourth-order valence-electron chi connectivity index (χ4n) is 2.95. The van der Waals surface area contributed by atoms with Crippen molar-refractivity contribution in [2.75, 3.05) is 31.1 Å². The van der Waals surface area contributed by atoms with Gasteiger partial charge in [0.15, 0.2) is 0 Å². The Kier molecular flexibility index (Phi) is 5.66. The largest absolute Gasteiger partial charge is 0.416 e. The van der Waals surface area contributed by atoms with Crippen LogP contribution in [0, 0.1) is 0 Å². The van der Waals surface area contributed by atoms with Gasteiger partial charge in [-0.15, -0.1) is 0 Å². The maximum absolute atomic E-state index is 13.0. The second-order valence-corrected chi connectivity index (χ2v) is 6.84. The second kappa shape index (κ2) is 7.74. The first kappa shape index (κ1) is 21.2. The molecule has 29 heavy (non-hydrogen) atoms. The summed E-state index contributed by atoms with van der Waals surface area (Å²) < 4.78 is 78.0. The smallest absolute Gasteiger partial charge is 0.353 e. The molecule has 3 rings (SSSR count). The summed E-state index contributed by atoms with van der Waals surface area (Å²) in [6, 6.07) is 4.22. The number of amides is 1. The van der Waals surface area contributed by atoms with Gasteiger partial charge in [0.2, 0.25) is 0 Å². The second-order valence-electron chi connectivity index (χ2n) is 6.41. The molecule has 1 aliphatic rings. The zero-order valence-corrected chi connectivity index (χ0v) is 15.4. The van der Waals surface area contributed by atoms with E-state index in [1.54, 1.807) is 12.1 Å². The Labute approximate surface area is 166 Å². The Bertz CT molecular complexity index is 858. The molecule has 0 saturated carbocycles. The Morgan fingerprint density at radius 2 is 1.45 bits per heavy atom. The Hall–Kier alpha value is -2.49. The summed E-state index contributed by atoms with van der Waals surface area (Å²) >= 11 is 5.78. The standard InChI is InChI=1S/C18H14ClF6N3O/c19-14-1-2-15(26-10-14)27-3-5-28(6-4-27)16(29)11-7-12(17(20,21)22)9-13(8-11)18(23,24)25/h1-2,7-10H,3-6H2. The van der Waals surface area contributed by atoms with Gasteiger partial charge in [-0.3, -0.25) is 4.79 Å². The normalized spacial score (nSPS) is 15.6. The molecule has 1 aromatic heterocycles. The number of pyridine rings is 1. The number of benzene rings is 1. The van der Waals surface area contributed by atoms with Gasteiger partial charge in [0.1, 0.15) is 5.82 Å². The van der Waals surface area contributed by atoms with E-state index < -0.39 is 35.0 Å². The summed E-state index contributed by atoms with van der Waals surface area (Å²) in [4.78, 5) is 19.8. The van der Waals surface area contributed by atoms with Gasteiger partial charge < -0.3 is 9.80 Å². The molecule has 1 aromatic carbocycles. The lowest BCUT2D eigenvalue weighted by Crippen LogP contribution is -2.49. The molecule has 1 aliphatic heterocycles. The average molecular weight is 438 g/mol. The molecule has 1 fully saturated rings. The van der Waals surface area contributed by atoms with Crippen LogP contribution in [-0.4, -0.2) is 42.0 Å². The monoisotopic (exact) mass is 437 g/mol. The van der Waals surface area contributed by atoms with Gasteiger partial charge in [0, 0.05) is 37.9 Å². The number of carbonyl (C=O) groups is 1. The van der Waals surface area contributed by atoms with Crippen molar-refractivity contribution in [3.63, 3.8) is 0 Å². The summed E-state index contributed by atoms with van der Waals surface area (Å²) in [5, 5.41) is 0.451. The van der Waals surface area contributed by atoms with Crippen LogP contribution in [0.2, 0.25) is 5.02 Å². The molecule has 0 spiro atoms. The molecule has 0 bridgehead atoms. The average Bonchev–Trinajstić information content (AvgIpc) is 2.66. The molecule has 2 aromatic rings. The summed E-state index contributed by atoms with van der Waals surface area (Å²) in [5.41, 5.74) is -3.68. The van der Waals surface area contributed by atoms with Crippen molar-refractivity contribution < 1.29 is 31.1 Å². The van der Waals surface area contributed by atoms with Crippen LogP contribution in [0.5, 0.6) is 0 Å². The van der Waals surface area contributed by atoms with Crippen molar-refractivity contribution in [3.8, 4) is 0 Å². The molecule has 0 atom stereocenters. The lowest BCUT2D eigenvalue weighted by Gasteiger charge is -2.35. The van der Waals surface area contributed by atoms with Gasteiger partial charge in [-0.2, -0.15) is 26.3 Å². The molecule has 0 unspecified atom stereocenters. The molecule has 0 radical (unpaired) electrons. The van der Waals surface area contributed by atoms with E-state index >= 15 is 0 Å². The zero-order chi connectivity index (χ0) is 21.4. The number of rotatable bonds is 2. The molecular weight excluding hydrogens is 424 g/mol. The third-order valence-electron chi connectivity index (χ3n) is 4.44. The Morgan fingerprint density at radius 1 is 0.897 bits per heavy atom. The molecule has 2 heterocycles. The van der Waals surface area contributed by atoms with Gasteiger partial charge >= 0.3 is 12.4 Å². The minimum Gasteiger partial charge on any atom is -0.353 e. The van der Waals surface area contributed by atoms with Crippen LogP contribution in [-0.2, 0) is 12.4 Å². The molecule has 11 heteroatoms. The van der Waals surface area contributed by atoms with Crippen LogP contribution < -0.4 is 4.90 Å². The number of aromatic nitrogens is 1. The van der Waals surface area contributed by atoms with Crippen molar-refractivity contribution in [2.24, 2.45) is 0 Å². The first-order chi connectivity index (χ1) is 13.4. The quantitative estimate of drug-likeness (QED) is 0.637. The highest BCUT2D eigenvalue weighted by atomic mass is 35.5. The molecule has 0 aliphatic carbocycles. The predicted molar refractivity (Wildman–Crippen MR) is 93.8 cm³/mol. The number of alkyl halides is 6. The predicted octanol–water partition coefficient (Wildman–Crippen LogP) is 4.74. The van der Waals surface area contributed by atoms with Crippen LogP contribution in [0.4, 0.5) is 32.2 Å². The van der Waals surface area contributed by atoms with E-state index in [9.17, 15) is 31.1 Å². The highest BCUT2D eigenvalue weighted by molar-refractivity contribution is 6.30. The Morgan fingerprint density at radius 3 is 1.90 bits per heavy atom. The van der Waals surface area contributed by atoms with Crippen molar-refractivity contribution in [3.05, 3.63) is 58.2 Å². The number of hydrogen-bond donors (Lipinski definition) is 0. The van der Waals surface area contributed by atoms with Crippen molar-refractivity contribution in [1.29, 1.82) is 0 Å². The molecule has 1 amide bonds. The number of nitrogens with zero attached hydrogens (tertiary/aromatic N) is 3. The van der Waals surface area contributed by atoms with E-state index in [0.717, 1.165) is 0 Å². The van der Waals surface area contributed by atoms with Crippen LogP contribution in [0.25, 0.3) is 0 Å². The van der Waals surface area contributed by atoms with E-state index in [1.807, 2.05) is 4.90 Å². The van der Waals surface area contributed by atoms with Crippen molar-refractivity contribution in [1.82, 2.24) is 9.88 Å². The van der Waals surface area contributed by atoms with Crippen LogP contribution in [0.15, 0.2) is 36.5 Å². The number of hydrogen-bond acceptors (Lipinski definition) is 3. The number of anilines is 1. The molecule has 4 nitrogen and oxygen atoms in total. The number of halogens is 7. The first-order valence-corrected chi connectivity index (χ1v) is 8.78. The van der Waals surface area contributed by atoms with Crippen LogP contribution in [0.1, 0.15) is 21.5 Å². The van der Waals surface area contributed by atoms with Crippen LogP contribution in [0.3, 0.4) is 0 Å². The molecule has 0 N–H and O–H groups in total. The van der Waals surface area contributed by atoms with E-state index in [-0.39, 0.29) is 19.2 Å². The summed E-state index contributed by atoms with van der Waals surface area (Å²) in [5.74, 6) is -0.273. The lowest BCUT2D eigenvalue weighted by molar-refractivity contribution is -0.143. The third-order valence-corrected chi connectivity index (χ3v) is 4.66.